The van der Waals surface area contributed by atoms with Crippen molar-refractivity contribution in [2.75, 3.05) is 39.3 Å². The van der Waals surface area contributed by atoms with Crippen LogP contribution < -0.4 is 5.32 Å². The highest BCUT2D eigenvalue weighted by molar-refractivity contribution is 7.08. The fraction of sp³-hybridized carbons (Fsp3) is 0.333. The van der Waals surface area contributed by atoms with Gasteiger partial charge in [-0.05, 0) is 23.6 Å². The molecule has 1 fully saturated rings. The van der Waals surface area contributed by atoms with E-state index < -0.39 is 17.5 Å². The van der Waals surface area contributed by atoms with E-state index in [9.17, 15) is 18.4 Å². The van der Waals surface area contributed by atoms with Crippen LogP contribution in [0.15, 0.2) is 35.0 Å². The normalized spacial score (nSPS) is 15.1. The molecule has 0 unspecified atom stereocenters. The lowest BCUT2D eigenvalue weighted by Crippen LogP contribution is -2.50. The molecule has 0 spiro atoms. The number of hydrogen-bond acceptors (Lipinski definition) is 4. The van der Waals surface area contributed by atoms with Crippen molar-refractivity contribution in [3.05, 3.63) is 57.8 Å². The van der Waals surface area contributed by atoms with Gasteiger partial charge in [0.2, 0.25) is 0 Å². The Morgan fingerprint density at radius 3 is 2.54 bits per heavy atom. The van der Waals surface area contributed by atoms with Gasteiger partial charge in [-0.3, -0.25) is 14.5 Å². The number of piperazine rings is 1. The molecule has 2 amide bonds. The first kappa shape index (κ1) is 18.5. The highest BCUT2D eigenvalue weighted by Crippen LogP contribution is 2.14. The Morgan fingerprint density at radius 2 is 1.88 bits per heavy atom. The van der Waals surface area contributed by atoms with Crippen molar-refractivity contribution < 1.29 is 18.4 Å². The first-order valence-corrected chi connectivity index (χ1v) is 9.26. The largest absolute Gasteiger partial charge is 0.351 e. The Bertz CT molecular complexity index is 775. The summed E-state index contributed by atoms with van der Waals surface area (Å²) >= 11 is 1.48. The summed E-state index contributed by atoms with van der Waals surface area (Å²) in [5, 5.41) is 6.52. The predicted octanol–water partition coefficient (Wildman–Crippen LogP) is 2.21. The number of amides is 2. The second kappa shape index (κ2) is 8.37. The van der Waals surface area contributed by atoms with Crippen LogP contribution in [0.3, 0.4) is 0 Å². The highest BCUT2D eigenvalue weighted by Gasteiger charge is 2.24. The minimum absolute atomic E-state index is 0.0909. The molecule has 0 bridgehead atoms. The summed E-state index contributed by atoms with van der Waals surface area (Å²) in [6.45, 7) is 3.42. The third-order valence-electron chi connectivity index (χ3n) is 4.32. The van der Waals surface area contributed by atoms with Crippen molar-refractivity contribution in [2.24, 2.45) is 0 Å². The van der Waals surface area contributed by atoms with Crippen LogP contribution in [-0.4, -0.2) is 60.9 Å². The summed E-state index contributed by atoms with van der Waals surface area (Å²) in [5.74, 6) is -2.05. The highest BCUT2D eigenvalue weighted by atomic mass is 32.1. The molecule has 8 heteroatoms. The van der Waals surface area contributed by atoms with Crippen LogP contribution in [-0.2, 0) is 0 Å². The van der Waals surface area contributed by atoms with Gasteiger partial charge in [-0.2, -0.15) is 11.3 Å². The molecule has 1 aromatic carbocycles. The monoisotopic (exact) mass is 379 g/mol. The molecule has 0 atom stereocenters. The molecule has 1 N–H and O–H groups in total. The number of thiophene rings is 1. The van der Waals surface area contributed by atoms with E-state index in [1.165, 1.54) is 17.4 Å². The molecule has 1 aliphatic rings. The van der Waals surface area contributed by atoms with E-state index in [4.69, 9.17) is 0 Å². The van der Waals surface area contributed by atoms with Gasteiger partial charge in [0.05, 0.1) is 5.56 Å². The maximum absolute atomic E-state index is 13.8. The van der Waals surface area contributed by atoms with Gasteiger partial charge in [0.1, 0.15) is 11.6 Å². The lowest BCUT2D eigenvalue weighted by Gasteiger charge is -2.34. The van der Waals surface area contributed by atoms with Crippen molar-refractivity contribution in [2.45, 2.75) is 0 Å². The molecule has 26 heavy (non-hydrogen) atoms. The second-order valence-electron chi connectivity index (χ2n) is 6.03. The number of halogens is 2. The van der Waals surface area contributed by atoms with E-state index in [0.717, 1.165) is 12.1 Å². The van der Waals surface area contributed by atoms with Crippen molar-refractivity contribution in [1.29, 1.82) is 0 Å². The third-order valence-corrected chi connectivity index (χ3v) is 5.00. The summed E-state index contributed by atoms with van der Waals surface area (Å²) in [7, 11) is 0. The molecule has 0 aliphatic carbocycles. The van der Waals surface area contributed by atoms with Gasteiger partial charge in [-0.25, -0.2) is 8.78 Å². The average Bonchev–Trinajstić information content (AvgIpc) is 3.16. The topological polar surface area (TPSA) is 52.7 Å². The molecule has 3 rings (SSSR count). The summed E-state index contributed by atoms with van der Waals surface area (Å²) in [5.41, 5.74) is 0.551. The molecule has 2 aromatic rings. The number of hydrogen-bond donors (Lipinski definition) is 1. The van der Waals surface area contributed by atoms with E-state index in [-0.39, 0.29) is 11.5 Å². The Kier molecular flexibility index (Phi) is 5.95. The zero-order valence-electron chi connectivity index (χ0n) is 14.1. The van der Waals surface area contributed by atoms with E-state index in [2.05, 4.69) is 10.2 Å². The summed E-state index contributed by atoms with van der Waals surface area (Å²) < 4.78 is 26.7. The van der Waals surface area contributed by atoms with Crippen LogP contribution in [0.4, 0.5) is 8.78 Å². The molecule has 0 radical (unpaired) electrons. The van der Waals surface area contributed by atoms with Gasteiger partial charge < -0.3 is 10.2 Å². The van der Waals surface area contributed by atoms with Crippen molar-refractivity contribution in [1.82, 2.24) is 15.1 Å². The lowest BCUT2D eigenvalue weighted by molar-refractivity contribution is 0.0633. The Balaban J connectivity index is 1.44. The maximum Gasteiger partial charge on any atom is 0.256 e. The standard InChI is InChI=1S/C18H19F2N3O2S/c19-14-1-2-15(16(20)11-14)18(25)23-8-6-22(7-9-23)5-4-21-17(24)13-3-10-26-12-13/h1-3,10-12H,4-9H2,(H,21,24). The number of carbonyl (C=O) groups excluding carboxylic acids is 2. The average molecular weight is 379 g/mol. The van der Waals surface area contributed by atoms with E-state index >= 15 is 0 Å². The lowest BCUT2D eigenvalue weighted by atomic mass is 10.1. The van der Waals surface area contributed by atoms with Gasteiger partial charge in [0.15, 0.2) is 0 Å². The molecule has 2 heterocycles. The minimum atomic E-state index is -0.839. The van der Waals surface area contributed by atoms with Gasteiger partial charge in [-0.1, -0.05) is 0 Å². The van der Waals surface area contributed by atoms with Crippen molar-refractivity contribution in [3.8, 4) is 0 Å². The predicted molar refractivity (Wildman–Crippen MR) is 95.4 cm³/mol. The minimum Gasteiger partial charge on any atom is -0.351 e. The first-order chi connectivity index (χ1) is 12.5. The first-order valence-electron chi connectivity index (χ1n) is 8.31. The Morgan fingerprint density at radius 1 is 1.12 bits per heavy atom. The van der Waals surface area contributed by atoms with Crippen LogP contribution in [0.2, 0.25) is 0 Å². The molecular formula is C18H19F2N3O2S. The smallest absolute Gasteiger partial charge is 0.256 e. The summed E-state index contributed by atoms with van der Waals surface area (Å²) in [6, 6.07) is 4.76. The van der Waals surface area contributed by atoms with Gasteiger partial charge >= 0.3 is 0 Å². The summed E-state index contributed by atoms with van der Waals surface area (Å²) in [4.78, 5) is 27.9. The van der Waals surface area contributed by atoms with Gasteiger partial charge in [0, 0.05) is 56.3 Å². The molecule has 1 aromatic heterocycles. The zero-order chi connectivity index (χ0) is 18.5. The molecule has 5 nitrogen and oxygen atoms in total. The van der Waals surface area contributed by atoms with Crippen LogP contribution in [0.5, 0.6) is 0 Å². The Hall–Kier alpha value is -2.32. The van der Waals surface area contributed by atoms with E-state index in [1.54, 1.807) is 16.3 Å². The molecule has 138 valence electrons. The molecular weight excluding hydrogens is 360 g/mol. The van der Waals surface area contributed by atoms with Crippen LogP contribution in [0.1, 0.15) is 20.7 Å². The molecule has 0 saturated carbocycles. The van der Waals surface area contributed by atoms with E-state index in [0.29, 0.717) is 44.8 Å². The second-order valence-corrected chi connectivity index (χ2v) is 6.81. The molecule has 1 aliphatic heterocycles. The number of rotatable bonds is 5. The number of nitrogens with one attached hydrogen (secondary N) is 1. The summed E-state index contributed by atoms with van der Waals surface area (Å²) in [6.07, 6.45) is 0. The zero-order valence-corrected chi connectivity index (χ0v) is 14.9. The fourth-order valence-electron chi connectivity index (χ4n) is 2.83. The van der Waals surface area contributed by atoms with Crippen molar-refractivity contribution in [3.63, 3.8) is 0 Å². The third kappa shape index (κ3) is 4.44. The molecule has 1 saturated heterocycles. The SMILES string of the molecule is O=C(NCCN1CCN(C(=O)c2ccc(F)cc2F)CC1)c1ccsc1. The Labute approximate surface area is 154 Å². The van der Waals surface area contributed by atoms with Gasteiger partial charge in [0.25, 0.3) is 11.8 Å². The van der Waals surface area contributed by atoms with Crippen molar-refractivity contribution >= 4 is 23.2 Å². The fourth-order valence-corrected chi connectivity index (χ4v) is 3.47. The van der Waals surface area contributed by atoms with Crippen LogP contribution >= 0.6 is 11.3 Å². The number of nitrogens with zero attached hydrogens (tertiary/aromatic N) is 2. The quantitative estimate of drug-likeness (QED) is 0.867. The van der Waals surface area contributed by atoms with Gasteiger partial charge in [-0.15, -0.1) is 0 Å². The number of carbonyl (C=O) groups is 2. The number of benzene rings is 1. The van der Waals surface area contributed by atoms with Crippen LogP contribution in [0, 0.1) is 11.6 Å². The maximum atomic E-state index is 13.8. The van der Waals surface area contributed by atoms with E-state index in [1.807, 2.05) is 5.38 Å². The van der Waals surface area contributed by atoms with Crippen LogP contribution in [0.25, 0.3) is 0 Å².